The normalized spacial score (nSPS) is 11.1. The molecule has 5 heteroatoms. The Hall–Kier alpha value is -3.57. The van der Waals surface area contributed by atoms with Crippen molar-refractivity contribution in [3.05, 3.63) is 96.1 Å². The summed E-state index contributed by atoms with van der Waals surface area (Å²) in [6.45, 7) is 1.52. The molecule has 4 aromatic rings. The van der Waals surface area contributed by atoms with Gasteiger partial charge in [0.05, 0.1) is 15.9 Å². The number of nitrogens with zero attached hydrogens (tertiary/aromatic N) is 2. The van der Waals surface area contributed by atoms with E-state index in [0.29, 0.717) is 16.4 Å². The minimum absolute atomic E-state index is 0.0154. The molecule has 0 atom stereocenters. The second-order valence-electron chi connectivity index (χ2n) is 6.48. The van der Waals surface area contributed by atoms with E-state index in [0.717, 1.165) is 15.8 Å². The summed E-state index contributed by atoms with van der Waals surface area (Å²) in [5, 5.41) is 0.587. The zero-order valence-electron chi connectivity index (χ0n) is 15.8. The van der Waals surface area contributed by atoms with Crippen LogP contribution in [-0.4, -0.2) is 16.7 Å². The van der Waals surface area contributed by atoms with Gasteiger partial charge in [-0.1, -0.05) is 53.8 Å². The van der Waals surface area contributed by atoms with Gasteiger partial charge in [0.2, 0.25) is 0 Å². The number of aromatic nitrogens is 1. The lowest BCUT2D eigenvalue weighted by atomic mass is 10.1. The lowest BCUT2D eigenvalue weighted by molar-refractivity contribution is -0.113. The third-order valence-corrected chi connectivity index (χ3v) is 5.47. The summed E-state index contributed by atoms with van der Waals surface area (Å²) in [6, 6.07) is 24.5. The van der Waals surface area contributed by atoms with Crippen molar-refractivity contribution in [3.63, 3.8) is 0 Å². The van der Waals surface area contributed by atoms with Crippen LogP contribution in [-0.2, 0) is 4.79 Å². The van der Waals surface area contributed by atoms with Crippen molar-refractivity contribution in [1.82, 2.24) is 4.98 Å². The Bertz CT molecular complexity index is 1160. The van der Waals surface area contributed by atoms with E-state index in [2.05, 4.69) is 4.98 Å². The van der Waals surface area contributed by atoms with E-state index in [4.69, 9.17) is 0 Å². The van der Waals surface area contributed by atoms with Crippen LogP contribution in [0.1, 0.15) is 22.8 Å². The van der Waals surface area contributed by atoms with Gasteiger partial charge in [0.25, 0.3) is 5.91 Å². The van der Waals surface area contributed by atoms with Gasteiger partial charge < -0.3 is 0 Å². The molecule has 0 bridgehead atoms. The molecule has 0 aliphatic heterocycles. The monoisotopic (exact) mass is 398 g/mol. The minimum Gasteiger partial charge on any atom is -0.295 e. The number of anilines is 2. The molecule has 0 N–H and O–H groups in total. The second-order valence-corrected chi connectivity index (χ2v) is 7.49. The summed E-state index contributed by atoms with van der Waals surface area (Å²) in [4.78, 5) is 31.0. The average Bonchev–Trinajstić information content (AvgIpc) is 3.17. The van der Waals surface area contributed by atoms with Crippen LogP contribution in [0.15, 0.2) is 84.9 Å². The third kappa shape index (κ3) is 4.15. The number of para-hydroxylation sites is 1. The zero-order valence-corrected chi connectivity index (χ0v) is 16.6. The van der Waals surface area contributed by atoms with Crippen molar-refractivity contribution in [1.29, 1.82) is 0 Å². The number of benzene rings is 3. The Morgan fingerprint density at radius 2 is 1.59 bits per heavy atom. The molecule has 1 aromatic heterocycles. The molecule has 142 valence electrons. The zero-order chi connectivity index (χ0) is 20.2. The highest BCUT2D eigenvalue weighted by atomic mass is 32.1. The Morgan fingerprint density at radius 1 is 0.897 bits per heavy atom. The van der Waals surface area contributed by atoms with Crippen molar-refractivity contribution in [3.8, 4) is 0 Å². The van der Waals surface area contributed by atoms with Crippen LogP contribution in [0.2, 0.25) is 0 Å². The first kappa shape index (κ1) is 18.8. The maximum Gasteiger partial charge on any atom is 0.257 e. The molecule has 0 radical (unpaired) electrons. The van der Waals surface area contributed by atoms with Gasteiger partial charge >= 0.3 is 0 Å². The van der Waals surface area contributed by atoms with Crippen LogP contribution in [0.4, 0.5) is 10.8 Å². The molecule has 4 rings (SSSR count). The van der Waals surface area contributed by atoms with Crippen molar-refractivity contribution < 1.29 is 9.59 Å². The van der Waals surface area contributed by atoms with Gasteiger partial charge in [0.1, 0.15) is 0 Å². The highest BCUT2D eigenvalue weighted by molar-refractivity contribution is 7.22. The molecule has 0 spiro atoms. The molecule has 0 saturated carbocycles. The van der Waals surface area contributed by atoms with Gasteiger partial charge in [0.15, 0.2) is 10.9 Å². The Balaban J connectivity index is 1.74. The van der Waals surface area contributed by atoms with E-state index in [1.807, 2.05) is 54.6 Å². The number of amides is 1. The summed E-state index contributed by atoms with van der Waals surface area (Å²) >= 11 is 1.45. The maximum atomic E-state index is 13.2. The van der Waals surface area contributed by atoms with Gasteiger partial charge in [-0.3, -0.25) is 14.5 Å². The summed E-state index contributed by atoms with van der Waals surface area (Å²) in [7, 11) is 0. The number of thiazole rings is 1. The van der Waals surface area contributed by atoms with Gasteiger partial charge in [-0.2, -0.15) is 0 Å². The summed E-state index contributed by atoms with van der Waals surface area (Å²) in [5.74, 6) is -0.220. The molecular weight excluding hydrogens is 380 g/mol. The van der Waals surface area contributed by atoms with Crippen LogP contribution in [0.25, 0.3) is 16.3 Å². The van der Waals surface area contributed by atoms with E-state index in [9.17, 15) is 9.59 Å². The van der Waals surface area contributed by atoms with Crippen molar-refractivity contribution in [2.75, 3.05) is 4.90 Å². The second kappa shape index (κ2) is 8.20. The largest absolute Gasteiger partial charge is 0.295 e. The predicted octanol–water partition coefficient (Wildman–Crippen LogP) is 5.88. The quantitative estimate of drug-likeness (QED) is 0.312. The van der Waals surface area contributed by atoms with Crippen molar-refractivity contribution in [2.45, 2.75) is 6.92 Å². The van der Waals surface area contributed by atoms with Gasteiger partial charge in [-0.05, 0) is 55.0 Å². The average molecular weight is 398 g/mol. The first-order valence-corrected chi connectivity index (χ1v) is 9.97. The fourth-order valence-corrected chi connectivity index (χ4v) is 3.93. The first-order chi connectivity index (χ1) is 14.1. The summed E-state index contributed by atoms with van der Waals surface area (Å²) in [5.41, 5.74) is 3.05. The van der Waals surface area contributed by atoms with E-state index in [1.54, 1.807) is 41.3 Å². The highest BCUT2D eigenvalue weighted by Gasteiger charge is 2.20. The molecule has 0 aliphatic rings. The number of carbonyl (C=O) groups is 2. The van der Waals surface area contributed by atoms with E-state index >= 15 is 0 Å². The predicted molar refractivity (Wildman–Crippen MR) is 119 cm³/mol. The van der Waals surface area contributed by atoms with Gasteiger partial charge in [-0.15, -0.1) is 0 Å². The van der Waals surface area contributed by atoms with Crippen molar-refractivity contribution >= 4 is 50.1 Å². The van der Waals surface area contributed by atoms with E-state index < -0.39 is 0 Å². The van der Waals surface area contributed by atoms with Gasteiger partial charge in [-0.25, -0.2) is 4.98 Å². The molecule has 29 heavy (non-hydrogen) atoms. The highest BCUT2D eigenvalue weighted by Crippen LogP contribution is 2.34. The molecule has 3 aromatic carbocycles. The van der Waals surface area contributed by atoms with Crippen LogP contribution in [0.5, 0.6) is 0 Å². The van der Waals surface area contributed by atoms with Crippen LogP contribution >= 0.6 is 11.3 Å². The number of fused-ring (bicyclic) bond motifs is 1. The van der Waals surface area contributed by atoms with Crippen molar-refractivity contribution in [2.24, 2.45) is 0 Å². The third-order valence-electron chi connectivity index (χ3n) is 4.44. The van der Waals surface area contributed by atoms with Crippen LogP contribution < -0.4 is 4.90 Å². The SMILES string of the molecule is CC(=O)c1ccc(N(C(=O)C=Cc2ccccc2)c2nc3ccccc3s2)cc1. The molecular formula is C24H18N2O2S. The Kier molecular flexibility index (Phi) is 5.31. The fraction of sp³-hybridized carbons (Fsp3) is 0.0417. The smallest absolute Gasteiger partial charge is 0.257 e. The van der Waals surface area contributed by atoms with Gasteiger partial charge in [0, 0.05) is 11.6 Å². The summed E-state index contributed by atoms with van der Waals surface area (Å²) in [6.07, 6.45) is 3.33. The van der Waals surface area contributed by atoms with Crippen LogP contribution in [0.3, 0.4) is 0 Å². The lowest BCUT2D eigenvalue weighted by Crippen LogP contribution is -2.23. The van der Waals surface area contributed by atoms with E-state index in [1.165, 1.54) is 18.3 Å². The topological polar surface area (TPSA) is 50.3 Å². The molecule has 0 fully saturated rings. The molecule has 1 heterocycles. The minimum atomic E-state index is -0.205. The van der Waals surface area contributed by atoms with Crippen LogP contribution in [0, 0.1) is 0 Å². The molecule has 1 amide bonds. The molecule has 0 aliphatic carbocycles. The Morgan fingerprint density at radius 3 is 2.28 bits per heavy atom. The summed E-state index contributed by atoms with van der Waals surface area (Å²) < 4.78 is 1.01. The lowest BCUT2D eigenvalue weighted by Gasteiger charge is -2.18. The maximum absolute atomic E-state index is 13.2. The standard InChI is InChI=1S/C24H18N2O2S/c1-17(27)19-12-14-20(15-13-19)26(23(28)16-11-18-7-3-2-4-8-18)24-25-21-9-5-6-10-22(21)29-24/h2-16H,1H3. The molecule has 4 nitrogen and oxygen atoms in total. The number of Topliss-reactive ketones (excluding diaryl/α,β-unsaturated/α-hetero) is 1. The number of carbonyl (C=O) groups excluding carboxylic acids is 2. The number of rotatable bonds is 5. The molecule has 0 saturated heterocycles. The number of ketones is 1. The molecule has 0 unspecified atom stereocenters. The van der Waals surface area contributed by atoms with E-state index in [-0.39, 0.29) is 11.7 Å². The Labute approximate surface area is 172 Å². The first-order valence-electron chi connectivity index (χ1n) is 9.15. The number of hydrogen-bond donors (Lipinski definition) is 0. The fourth-order valence-electron chi connectivity index (χ4n) is 2.94. The number of hydrogen-bond acceptors (Lipinski definition) is 4.